The Bertz CT molecular complexity index is 519. The average molecular weight is 246 g/mol. The van der Waals surface area contributed by atoms with Gasteiger partial charge in [0.05, 0.1) is 0 Å². The van der Waals surface area contributed by atoms with Gasteiger partial charge in [-0.25, -0.2) is 8.78 Å². The number of rotatable bonds is 3. The lowest BCUT2D eigenvalue weighted by atomic mass is 9.98. The van der Waals surface area contributed by atoms with Gasteiger partial charge in [-0.1, -0.05) is 37.3 Å². The van der Waals surface area contributed by atoms with Crippen molar-refractivity contribution in [1.29, 1.82) is 0 Å². The number of alkyl halides is 1. The van der Waals surface area contributed by atoms with Crippen LogP contribution in [-0.4, -0.2) is 0 Å². The molecule has 0 spiro atoms. The van der Waals surface area contributed by atoms with Crippen LogP contribution in [0.15, 0.2) is 36.4 Å². The monoisotopic (exact) mass is 246 g/mol. The van der Waals surface area contributed by atoms with E-state index in [-0.39, 0.29) is 5.56 Å². The Hall–Kier alpha value is -1.70. The minimum atomic E-state index is -0.757. The molecule has 0 N–H and O–H groups in total. The van der Waals surface area contributed by atoms with Gasteiger partial charge in [-0.05, 0) is 41.7 Å². The molecule has 0 unspecified atom stereocenters. The summed E-state index contributed by atoms with van der Waals surface area (Å²) < 4.78 is 26.3. The quantitative estimate of drug-likeness (QED) is 0.727. The van der Waals surface area contributed by atoms with Crippen molar-refractivity contribution in [1.82, 2.24) is 0 Å². The summed E-state index contributed by atoms with van der Waals surface area (Å²) in [5.74, 6) is -0.466. The molecule has 0 saturated carbocycles. The van der Waals surface area contributed by atoms with Crippen LogP contribution >= 0.6 is 0 Å². The summed E-state index contributed by atoms with van der Waals surface area (Å²) in [6.07, 6.45) is 0.981. The van der Waals surface area contributed by atoms with Crippen LogP contribution < -0.4 is 0 Å². The van der Waals surface area contributed by atoms with Crippen molar-refractivity contribution < 1.29 is 8.78 Å². The maximum absolute atomic E-state index is 13.7. The molecule has 2 heteroatoms. The van der Waals surface area contributed by atoms with E-state index < -0.39 is 12.5 Å². The highest BCUT2D eigenvalue weighted by Gasteiger charge is 2.09. The molecule has 0 aliphatic heterocycles. The molecule has 0 heterocycles. The van der Waals surface area contributed by atoms with Crippen LogP contribution in [0.4, 0.5) is 8.78 Å². The van der Waals surface area contributed by atoms with E-state index in [1.54, 1.807) is 6.92 Å². The van der Waals surface area contributed by atoms with Crippen LogP contribution in [0.2, 0.25) is 0 Å². The highest BCUT2D eigenvalue weighted by atomic mass is 19.1. The molecule has 0 aromatic heterocycles. The zero-order valence-corrected chi connectivity index (χ0v) is 10.6. The predicted molar refractivity (Wildman–Crippen MR) is 70.8 cm³/mol. The van der Waals surface area contributed by atoms with E-state index in [1.807, 2.05) is 30.3 Å². The molecule has 2 aromatic rings. The molecule has 0 aliphatic rings. The lowest BCUT2D eigenvalue weighted by Gasteiger charge is -2.08. The van der Waals surface area contributed by atoms with E-state index in [0.717, 1.165) is 17.5 Å². The van der Waals surface area contributed by atoms with Crippen molar-refractivity contribution in [2.24, 2.45) is 0 Å². The van der Waals surface area contributed by atoms with E-state index in [4.69, 9.17) is 0 Å². The van der Waals surface area contributed by atoms with Gasteiger partial charge in [0.15, 0.2) is 0 Å². The molecule has 2 aromatic carbocycles. The Morgan fingerprint density at radius 1 is 1.00 bits per heavy atom. The highest BCUT2D eigenvalue weighted by molar-refractivity contribution is 5.65. The first-order valence-electron chi connectivity index (χ1n) is 6.10. The van der Waals surface area contributed by atoms with Gasteiger partial charge in [0.1, 0.15) is 12.5 Å². The molecule has 18 heavy (non-hydrogen) atoms. The van der Waals surface area contributed by atoms with E-state index in [9.17, 15) is 8.78 Å². The SMILES string of the molecule is CCc1ccc(-c2cc(C)c(CF)c(F)c2)cc1. The van der Waals surface area contributed by atoms with Gasteiger partial charge in [0.2, 0.25) is 0 Å². The minimum absolute atomic E-state index is 0.156. The second-order valence-electron chi connectivity index (χ2n) is 4.44. The van der Waals surface area contributed by atoms with E-state index >= 15 is 0 Å². The highest BCUT2D eigenvalue weighted by Crippen LogP contribution is 2.25. The maximum atomic E-state index is 13.7. The fourth-order valence-electron chi connectivity index (χ4n) is 2.04. The summed E-state index contributed by atoms with van der Waals surface area (Å²) in [4.78, 5) is 0. The van der Waals surface area contributed by atoms with E-state index in [2.05, 4.69) is 6.92 Å². The Morgan fingerprint density at radius 2 is 1.67 bits per heavy atom. The molecule has 0 fully saturated rings. The Labute approximate surface area is 106 Å². The maximum Gasteiger partial charge on any atom is 0.129 e. The molecule has 0 amide bonds. The molecule has 0 radical (unpaired) electrons. The zero-order chi connectivity index (χ0) is 13.1. The molecule has 0 bridgehead atoms. The van der Waals surface area contributed by atoms with Gasteiger partial charge in [-0.15, -0.1) is 0 Å². The summed E-state index contributed by atoms with van der Waals surface area (Å²) in [5.41, 5.74) is 3.82. The number of halogens is 2. The minimum Gasteiger partial charge on any atom is -0.246 e. The predicted octanol–water partition coefficient (Wildman–Crippen LogP) is 4.83. The van der Waals surface area contributed by atoms with Crippen molar-refractivity contribution in [2.75, 3.05) is 0 Å². The van der Waals surface area contributed by atoms with Crippen molar-refractivity contribution in [3.8, 4) is 11.1 Å². The second kappa shape index (κ2) is 5.30. The number of hydrogen-bond donors (Lipinski definition) is 0. The largest absolute Gasteiger partial charge is 0.246 e. The van der Waals surface area contributed by atoms with E-state index in [0.29, 0.717) is 5.56 Å². The summed E-state index contributed by atoms with van der Waals surface area (Å²) in [6.45, 7) is 3.07. The summed E-state index contributed by atoms with van der Waals surface area (Å²) >= 11 is 0. The van der Waals surface area contributed by atoms with Crippen molar-refractivity contribution in [2.45, 2.75) is 26.9 Å². The molecule has 0 atom stereocenters. The van der Waals surface area contributed by atoms with Crippen molar-refractivity contribution in [3.63, 3.8) is 0 Å². The van der Waals surface area contributed by atoms with Crippen molar-refractivity contribution >= 4 is 0 Å². The standard InChI is InChI=1S/C16H16F2/c1-3-12-4-6-13(7-5-12)14-8-11(2)15(10-17)16(18)9-14/h4-9H,3,10H2,1-2H3. The second-order valence-corrected chi connectivity index (χ2v) is 4.44. The number of aryl methyl sites for hydroxylation is 2. The first-order valence-corrected chi connectivity index (χ1v) is 6.10. The molecule has 0 saturated heterocycles. The molecular weight excluding hydrogens is 230 g/mol. The first-order chi connectivity index (χ1) is 8.65. The third kappa shape index (κ3) is 2.42. The molecule has 0 aliphatic carbocycles. The van der Waals surface area contributed by atoms with Gasteiger partial charge in [-0.2, -0.15) is 0 Å². The van der Waals surface area contributed by atoms with E-state index in [1.165, 1.54) is 11.6 Å². The first kappa shape index (κ1) is 12.7. The molecule has 94 valence electrons. The Morgan fingerprint density at radius 3 is 2.17 bits per heavy atom. The normalized spacial score (nSPS) is 10.7. The van der Waals surface area contributed by atoms with Gasteiger partial charge in [0, 0.05) is 5.56 Å². The molecule has 0 nitrogen and oxygen atoms in total. The third-order valence-corrected chi connectivity index (χ3v) is 3.25. The van der Waals surface area contributed by atoms with Gasteiger partial charge in [0.25, 0.3) is 0 Å². The molecular formula is C16H16F2. The smallest absolute Gasteiger partial charge is 0.129 e. The fourth-order valence-corrected chi connectivity index (χ4v) is 2.04. The van der Waals surface area contributed by atoms with Gasteiger partial charge in [-0.3, -0.25) is 0 Å². The van der Waals surface area contributed by atoms with Crippen LogP contribution in [0, 0.1) is 12.7 Å². The summed E-state index contributed by atoms with van der Waals surface area (Å²) in [5, 5.41) is 0. The Kier molecular flexibility index (Phi) is 3.75. The summed E-state index contributed by atoms with van der Waals surface area (Å²) in [7, 11) is 0. The zero-order valence-electron chi connectivity index (χ0n) is 10.6. The average Bonchev–Trinajstić information content (AvgIpc) is 2.38. The van der Waals surface area contributed by atoms with Crippen LogP contribution in [0.1, 0.15) is 23.6 Å². The fraction of sp³-hybridized carbons (Fsp3) is 0.250. The number of hydrogen-bond acceptors (Lipinski definition) is 0. The third-order valence-electron chi connectivity index (χ3n) is 3.25. The van der Waals surface area contributed by atoms with Gasteiger partial charge >= 0.3 is 0 Å². The lowest BCUT2D eigenvalue weighted by molar-refractivity contribution is 0.462. The summed E-state index contributed by atoms with van der Waals surface area (Å²) in [6, 6.07) is 11.3. The van der Waals surface area contributed by atoms with Crippen molar-refractivity contribution in [3.05, 3.63) is 58.9 Å². The van der Waals surface area contributed by atoms with Gasteiger partial charge < -0.3 is 0 Å². The van der Waals surface area contributed by atoms with Crippen LogP contribution in [0.3, 0.4) is 0 Å². The number of benzene rings is 2. The Balaban J connectivity index is 2.44. The molecule has 2 rings (SSSR count). The van der Waals surface area contributed by atoms with Crippen LogP contribution in [-0.2, 0) is 13.1 Å². The lowest BCUT2D eigenvalue weighted by Crippen LogP contribution is -1.93. The van der Waals surface area contributed by atoms with Crippen LogP contribution in [0.25, 0.3) is 11.1 Å². The van der Waals surface area contributed by atoms with Crippen LogP contribution in [0.5, 0.6) is 0 Å². The topological polar surface area (TPSA) is 0 Å².